The van der Waals surface area contributed by atoms with Crippen LogP contribution in [0.4, 0.5) is 0 Å². The normalized spacial score (nSPS) is 12.9. The third-order valence-corrected chi connectivity index (χ3v) is 3.06. The lowest BCUT2D eigenvalue weighted by Gasteiger charge is -2.27. The van der Waals surface area contributed by atoms with Gasteiger partial charge in [-0.25, -0.2) is 0 Å². The first kappa shape index (κ1) is 15.2. The molecule has 0 amide bonds. The van der Waals surface area contributed by atoms with Crippen molar-refractivity contribution in [1.29, 1.82) is 5.26 Å². The Hall–Kier alpha value is -2.19. The predicted octanol–water partition coefficient (Wildman–Crippen LogP) is 3.73. The molecule has 1 unspecified atom stereocenters. The summed E-state index contributed by atoms with van der Waals surface area (Å²) in [6.45, 7) is 8.75. The van der Waals surface area contributed by atoms with Crippen molar-refractivity contribution < 1.29 is 9.26 Å². The first-order valence-electron chi connectivity index (χ1n) is 6.91. The number of ether oxygens (including phenoxy) is 1. The van der Waals surface area contributed by atoms with Gasteiger partial charge < -0.3 is 9.26 Å². The second-order valence-electron chi connectivity index (χ2n) is 5.85. The van der Waals surface area contributed by atoms with E-state index in [1.807, 2.05) is 6.92 Å². The molecule has 1 heterocycles. The van der Waals surface area contributed by atoms with E-state index < -0.39 is 0 Å². The van der Waals surface area contributed by atoms with E-state index in [2.05, 4.69) is 37.0 Å². The van der Waals surface area contributed by atoms with Crippen LogP contribution in [0.15, 0.2) is 28.8 Å². The van der Waals surface area contributed by atoms with Crippen LogP contribution in [0.5, 0.6) is 0 Å². The topological polar surface area (TPSA) is 71.9 Å². The highest BCUT2D eigenvalue weighted by molar-refractivity contribution is 5.54. The predicted molar refractivity (Wildman–Crippen MR) is 78.3 cm³/mol. The van der Waals surface area contributed by atoms with Crippen molar-refractivity contribution in [3.8, 4) is 17.5 Å². The molecule has 0 fully saturated rings. The van der Waals surface area contributed by atoms with Crippen molar-refractivity contribution in [2.75, 3.05) is 6.61 Å². The van der Waals surface area contributed by atoms with Crippen LogP contribution in [-0.2, 0) is 4.74 Å². The molecule has 0 spiro atoms. The van der Waals surface area contributed by atoms with Gasteiger partial charge in [-0.15, -0.1) is 0 Å². The van der Waals surface area contributed by atoms with Crippen LogP contribution in [0, 0.1) is 16.7 Å². The zero-order valence-corrected chi connectivity index (χ0v) is 12.8. The van der Waals surface area contributed by atoms with E-state index in [-0.39, 0.29) is 11.5 Å². The van der Waals surface area contributed by atoms with Crippen molar-refractivity contribution in [1.82, 2.24) is 10.1 Å². The third-order valence-electron chi connectivity index (χ3n) is 3.06. The lowest BCUT2D eigenvalue weighted by molar-refractivity contribution is -0.0203. The van der Waals surface area contributed by atoms with Crippen molar-refractivity contribution in [2.45, 2.75) is 33.8 Å². The maximum absolute atomic E-state index is 8.81. The molecule has 0 aliphatic rings. The van der Waals surface area contributed by atoms with Crippen molar-refractivity contribution in [3.05, 3.63) is 35.7 Å². The van der Waals surface area contributed by atoms with Crippen LogP contribution >= 0.6 is 0 Å². The standard InChI is InChI=1S/C16H19N3O2/c1-5-20-13(16(2,3)4)14-18-15(21-19-14)12-8-6-11(10-17)7-9-12/h6-9,13H,5H2,1-4H3. The number of benzene rings is 1. The molecule has 0 radical (unpaired) electrons. The molecule has 0 saturated carbocycles. The molecule has 0 aliphatic carbocycles. The quantitative estimate of drug-likeness (QED) is 0.855. The van der Waals surface area contributed by atoms with Crippen LogP contribution in [0.1, 0.15) is 45.2 Å². The van der Waals surface area contributed by atoms with Crippen molar-refractivity contribution in [2.24, 2.45) is 5.41 Å². The van der Waals surface area contributed by atoms with Gasteiger partial charge in [-0.2, -0.15) is 10.2 Å². The molecular weight excluding hydrogens is 266 g/mol. The Labute approximate surface area is 124 Å². The van der Waals surface area contributed by atoms with E-state index in [9.17, 15) is 0 Å². The molecule has 1 aromatic heterocycles. The fourth-order valence-electron chi connectivity index (χ4n) is 2.02. The Morgan fingerprint density at radius 2 is 1.95 bits per heavy atom. The van der Waals surface area contributed by atoms with E-state index in [0.29, 0.717) is 23.9 Å². The van der Waals surface area contributed by atoms with Gasteiger partial charge in [0.25, 0.3) is 5.89 Å². The van der Waals surface area contributed by atoms with E-state index in [4.69, 9.17) is 14.5 Å². The Kier molecular flexibility index (Phi) is 4.39. The minimum absolute atomic E-state index is 0.123. The molecule has 0 saturated heterocycles. The summed E-state index contributed by atoms with van der Waals surface area (Å²) in [5.41, 5.74) is 1.26. The Morgan fingerprint density at radius 1 is 1.29 bits per heavy atom. The lowest BCUT2D eigenvalue weighted by atomic mass is 9.88. The number of aromatic nitrogens is 2. The average molecular weight is 285 g/mol. The molecule has 2 rings (SSSR count). The van der Waals surface area contributed by atoms with Crippen molar-refractivity contribution >= 4 is 0 Å². The van der Waals surface area contributed by atoms with E-state index >= 15 is 0 Å². The van der Waals surface area contributed by atoms with Gasteiger partial charge in [0, 0.05) is 12.2 Å². The van der Waals surface area contributed by atoms with Gasteiger partial charge in [0.1, 0.15) is 6.10 Å². The molecule has 2 aromatic rings. The van der Waals surface area contributed by atoms with Gasteiger partial charge in [0.2, 0.25) is 5.82 Å². The molecular formula is C16H19N3O2. The molecule has 1 atom stereocenters. The minimum atomic E-state index is -0.224. The fraction of sp³-hybridized carbons (Fsp3) is 0.438. The summed E-state index contributed by atoms with van der Waals surface area (Å²) >= 11 is 0. The summed E-state index contributed by atoms with van der Waals surface area (Å²) in [4.78, 5) is 4.44. The van der Waals surface area contributed by atoms with E-state index in [0.717, 1.165) is 5.56 Å². The summed E-state index contributed by atoms with van der Waals surface area (Å²) in [6.07, 6.45) is -0.224. The molecule has 0 N–H and O–H groups in total. The maximum Gasteiger partial charge on any atom is 0.258 e. The number of nitriles is 1. The average Bonchev–Trinajstić information content (AvgIpc) is 2.93. The Balaban J connectivity index is 2.29. The van der Waals surface area contributed by atoms with Crippen LogP contribution in [0.25, 0.3) is 11.5 Å². The molecule has 110 valence electrons. The highest BCUT2D eigenvalue weighted by atomic mass is 16.5. The minimum Gasteiger partial charge on any atom is -0.370 e. The lowest BCUT2D eigenvalue weighted by Crippen LogP contribution is -2.22. The molecule has 5 nitrogen and oxygen atoms in total. The van der Waals surface area contributed by atoms with Gasteiger partial charge in [0.15, 0.2) is 0 Å². The van der Waals surface area contributed by atoms with E-state index in [1.54, 1.807) is 24.3 Å². The van der Waals surface area contributed by atoms with E-state index in [1.165, 1.54) is 0 Å². The number of nitrogens with zero attached hydrogens (tertiary/aromatic N) is 3. The highest BCUT2D eigenvalue weighted by Gasteiger charge is 2.31. The second kappa shape index (κ2) is 6.06. The molecule has 1 aromatic carbocycles. The summed E-state index contributed by atoms with van der Waals surface area (Å²) < 4.78 is 11.1. The maximum atomic E-state index is 8.81. The Bertz CT molecular complexity index is 633. The van der Waals surface area contributed by atoms with Gasteiger partial charge in [-0.05, 0) is 36.6 Å². The van der Waals surface area contributed by atoms with Gasteiger partial charge in [0.05, 0.1) is 11.6 Å². The molecule has 0 bridgehead atoms. The number of rotatable bonds is 4. The smallest absolute Gasteiger partial charge is 0.258 e. The largest absolute Gasteiger partial charge is 0.370 e. The van der Waals surface area contributed by atoms with Gasteiger partial charge >= 0.3 is 0 Å². The van der Waals surface area contributed by atoms with Crippen LogP contribution in [0.2, 0.25) is 0 Å². The summed E-state index contributed by atoms with van der Waals surface area (Å²) in [7, 11) is 0. The molecule has 5 heteroatoms. The fourth-order valence-corrected chi connectivity index (χ4v) is 2.02. The Morgan fingerprint density at radius 3 is 2.48 bits per heavy atom. The third kappa shape index (κ3) is 3.47. The van der Waals surface area contributed by atoms with Crippen LogP contribution < -0.4 is 0 Å². The van der Waals surface area contributed by atoms with Crippen molar-refractivity contribution in [3.63, 3.8) is 0 Å². The number of hydrogen-bond acceptors (Lipinski definition) is 5. The molecule has 0 aliphatic heterocycles. The summed E-state index contributed by atoms with van der Waals surface area (Å²) in [5, 5.41) is 12.9. The first-order valence-corrected chi connectivity index (χ1v) is 6.91. The summed E-state index contributed by atoms with van der Waals surface area (Å²) in [5.74, 6) is 0.979. The van der Waals surface area contributed by atoms with Crippen LogP contribution in [0.3, 0.4) is 0 Å². The second-order valence-corrected chi connectivity index (χ2v) is 5.85. The number of hydrogen-bond donors (Lipinski definition) is 0. The van der Waals surface area contributed by atoms with Gasteiger partial charge in [-0.1, -0.05) is 25.9 Å². The zero-order valence-electron chi connectivity index (χ0n) is 12.8. The molecule has 21 heavy (non-hydrogen) atoms. The zero-order chi connectivity index (χ0) is 15.5. The highest BCUT2D eigenvalue weighted by Crippen LogP contribution is 2.35. The monoisotopic (exact) mass is 285 g/mol. The SMILES string of the molecule is CCOC(c1noc(-c2ccc(C#N)cc2)n1)C(C)(C)C. The first-order chi connectivity index (χ1) is 9.95. The summed E-state index contributed by atoms with van der Waals surface area (Å²) in [6, 6.07) is 9.12. The van der Waals surface area contributed by atoms with Crippen LogP contribution in [-0.4, -0.2) is 16.7 Å². The van der Waals surface area contributed by atoms with Gasteiger partial charge in [-0.3, -0.25) is 0 Å².